The molecule has 0 bridgehead atoms. The molecule has 0 aliphatic carbocycles. The molecule has 1 amide bonds. The lowest BCUT2D eigenvalue weighted by Gasteiger charge is -2.32. The van der Waals surface area contributed by atoms with E-state index in [0.29, 0.717) is 17.2 Å². The molecule has 0 atom stereocenters. The van der Waals surface area contributed by atoms with Crippen LogP contribution < -0.4 is 10.6 Å². The highest BCUT2D eigenvalue weighted by Gasteiger charge is 2.35. The van der Waals surface area contributed by atoms with Gasteiger partial charge in [-0.15, -0.1) is 0 Å². The summed E-state index contributed by atoms with van der Waals surface area (Å²) in [6.45, 7) is 5.91. The molecule has 0 saturated carbocycles. The summed E-state index contributed by atoms with van der Waals surface area (Å²) in [6.07, 6.45) is 2.86. The molecule has 5 nitrogen and oxygen atoms in total. The number of hydrogen-bond donors (Lipinski definition) is 0. The van der Waals surface area contributed by atoms with E-state index in [0.717, 1.165) is 12.8 Å². The molecule has 0 aromatic heterocycles. The number of allylic oxidation sites excluding steroid dienone is 1. The number of rotatable bonds is 4. The molecular formula is C22H26NO4P. The summed E-state index contributed by atoms with van der Waals surface area (Å²) < 4.78 is 25.7. The van der Waals surface area contributed by atoms with Crippen LogP contribution in [0.3, 0.4) is 0 Å². The second-order valence-electron chi connectivity index (χ2n) is 7.63. The maximum absolute atomic E-state index is 14.1. The standard InChI is InChI=1S/C22H26NO4P/c1-22(2,3)26-21(24)23-17-11-10-16-20(23)27-28(25,18-12-6-4-7-13-18)19-14-8-5-9-15-19/h4-9,12-16H,10-11,17H2,1-3H3. The average molecular weight is 399 g/mol. The van der Waals surface area contributed by atoms with E-state index in [-0.39, 0.29) is 5.88 Å². The monoisotopic (exact) mass is 399 g/mol. The Labute approximate surface area is 166 Å². The van der Waals surface area contributed by atoms with Crippen molar-refractivity contribution in [2.24, 2.45) is 0 Å². The van der Waals surface area contributed by atoms with Crippen LogP contribution in [0.15, 0.2) is 72.6 Å². The second kappa shape index (κ2) is 8.24. The predicted octanol–water partition coefficient (Wildman–Crippen LogP) is 4.80. The number of benzene rings is 2. The Morgan fingerprint density at radius 1 is 0.964 bits per heavy atom. The van der Waals surface area contributed by atoms with E-state index < -0.39 is 19.1 Å². The van der Waals surface area contributed by atoms with Gasteiger partial charge in [-0.1, -0.05) is 36.4 Å². The van der Waals surface area contributed by atoms with Crippen LogP contribution in [0.5, 0.6) is 0 Å². The number of amides is 1. The first-order valence-electron chi connectivity index (χ1n) is 9.41. The first-order valence-corrected chi connectivity index (χ1v) is 11.0. The maximum Gasteiger partial charge on any atom is 0.417 e. The SMILES string of the molecule is CC(C)(C)OC(=O)N1CCCC=C1OP(=O)(c1ccccc1)c1ccccc1. The summed E-state index contributed by atoms with van der Waals surface area (Å²) in [6, 6.07) is 18.2. The fourth-order valence-corrected chi connectivity index (χ4v) is 4.99. The van der Waals surface area contributed by atoms with Gasteiger partial charge in [-0.3, -0.25) is 4.57 Å². The number of carbonyl (C=O) groups excluding carboxylic acids is 1. The Balaban J connectivity index is 1.97. The Kier molecular flexibility index (Phi) is 5.95. The van der Waals surface area contributed by atoms with E-state index in [9.17, 15) is 9.36 Å². The van der Waals surface area contributed by atoms with Gasteiger partial charge in [0.15, 0.2) is 0 Å². The van der Waals surface area contributed by atoms with Crippen LogP contribution in [-0.2, 0) is 13.8 Å². The summed E-state index contributed by atoms with van der Waals surface area (Å²) in [5, 5.41) is 1.16. The second-order valence-corrected chi connectivity index (χ2v) is 9.95. The molecule has 0 fully saturated rings. The zero-order valence-corrected chi connectivity index (χ0v) is 17.4. The van der Waals surface area contributed by atoms with Gasteiger partial charge in [0, 0.05) is 6.54 Å². The molecule has 3 rings (SSSR count). The van der Waals surface area contributed by atoms with Crippen molar-refractivity contribution in [2.75, 3.05) is 6.54 Å². The molecule has 1 heterocycles. The van der Waals surface area contributed by atoms with Crippen LogP contribution in [0, 0.1) is 0 Å². The third-order valence-electron chi connectivity index (χ3n) is 4.20. The summed E-state index contributed by atoms with van der Waals surface area (Å²) in [5.74, 6) is 0.288. The highest BCUT2D eigenvalue weighted by atomic mass is 31.2. The normalized spacial score (nSPS) is 15.0. The smallest absolute Gasteiger partial charge is 0.417 e. The van der Waals surface area contributed by atoms with Crippen molar-refractivity contribution in [1.29, 1.82) is 0 Å². The van der Waals surface area contributed by atoms with Crippen LogP contribution in [-0.4, -0.2) is 23.1 Å². The Bertz CT molecular complexity index is 844. The zero-order valence-electron chi connectivity index (χ0n) is 16.5. The lowest BCUT2D eigenvalue weighted by atomic mass is 10.2. The van der Waals surface area contributed by atoms with Crippen LogP contribution >= 0.6 is 7.37 Å². The number of nitrogens with zero attached hydrogens (tertiary/aromatic N) is 1. The fraction of sp³-hybridized carbons (Fsp3) is 0.318. The van der Waals surface area contributed by atoms with Crippen LogP contribution in [0.2, 0.25) is 0 Å². The molecule has 148 valence electrons. The van der Waals surface area contributed by atoms with E-state index in [1.807, 2.05) is 63.2 Å². The first kappa shape index (κ1) is 20.2. The molecule has 0 saturated heterocycles. The van der Waals surface area contributed by atoms with Gasteiger partial charge in [0.05, 0.1) is 10.6 Å². The number of ether oxygens (including phenoxy) is 1. The van der Waals surface area contributed by atoms with E-state index >= 15 is 0 Å². The highest BCUT2D eigenvalue weighted by Crippen LogP contribution is 2.48. The van der Waals surface area contributed by atoms with E-state index in [1.165, 1.54) is 4.90 Å². The topological polar surface area (TPSA) is 55.8 Å². The predicted molar refractivity (Wildman–Crippen MR) is 111 cm³/mol. The van der Waals surface area contributed by atoms with Gasteiger partial charge in [-0.05, 0) is 64.0 Å². The Hall–Kier alpha value is -2.52. The molecule has 0 N–H and O–H groups in total. The molecule has 2 aromatic carbocycles. The van der Waals surface area contributed by atoms with E-state index in [2.05, 4.69) is 0 Å². The summed E-state index contributed by atoms with van der Waals surface area (Å²) in [4.78, 5) is 14.1. The van der Waals surface area contributed by atoms with Crippen molar-refractivity contribution in [3.8, 4) is 0 Å². The number of carbonyl (C=O) groups is 1. The van der Waals surface area contributed by atoms with Gasteiger partial charge >= 0.3 is 13.5 Å². The van der Waals surface area contributed by atoms with Crippen molar-refractivity contribution in [2.45, 2.75) is 39.2 Å². The molecule has 28 heavy (non-hydrogen) atoms. The third-order valence-corrected chi connectivity index (χ3v) is 6.60. The van der Waals surface area contributed by atoms with Crippen LogP contribution in [0.4, 0.5) is 4.79 Å². The molecule has 0 unspecified atom stereocenters. The Morgan fingerprint density at radius 2 is 1.50 bits per heavy atom. The molecular weight excluding hydrogens is 373 g/mol. The summed E-state index contributed by atoms with van der Waals surface area (Å²) in [5.41, 5.74) is -0.623. The van der Waals surface area contributed by atoms with Gasteiger partial charge in [0.1, 0.15) is 5.60 Å². The van der Waals surface area contributed by atoms with Gasteiger partial charge in [0.25, 0.3) is 0 Å². The van der Waals surface area contributed by atoms with Gasteiger partial charge in [0.2, 0.25) is 5.88 Å². The lowest BCUT2D eigenvalue weighted by Crippen LogP contribution is -2.39. The minimum Gasteiger partial charge on any atom is -0.443 e. The first-order chi connectivity index (χ1) is 13.3. The summed E-state index contributed by atoms with van der Waals surface area (Å²) in [7, 11) is -3.44. The maximum atomic E-state index is 14.1. The van der Waals surface area contributed by atoms with Crippen LogP contribution in [0.1, 0.15) is 33.6 Å². The fourth-order valence-electron chi connectivity index (χ4n) is 2.91. The molecule has 6 heteroatoms. The third kappa shape index (κ3) is 4.66. The lowest BCUT2D eigenvalue weighted by molar-refractivity contribution is 0.0230. The molecule has 0 radical (unpaired) electrons. The molecule has 0 spiro atoms. The minimum absolute atomic E-state index is 0.288. The van der Waals surface area contributed by atoms with E-state index in [4.69, 9.17) is 9.26 Å². The average Bonchev–Trinajstić information content (AvgIpc) is 2.68. The van der Waals surface area contributed by atoms with Crippen molar-refractivity contribution in [3.05, 3.63) is 72.6 Å². The van der Waals surface area contributed by atoms with Crippen LogP contribution in [0.25, 0.3) is 0 Å². The van der Waals surface area contributed by atoms with Gasteiger partial charge in [-0.25, -0.2) is 9.69 Å². The van der Waals surface area contributed by atoms with Crippen molar-refractivity contribution in [1.82, 2.24) is 4.90 Å². The Morgan fingerprint density at radius 3 is 2.00 bits per heavy atom. The highest BCUT2D eigenvalue weighted by molar-refractivity contribution is 7.74. The largest absolute Gasteiger partial charge is 0.443 e. The zero-order chi connectivity index (χ0) is 20.2. The van der Waals surface area contributed by atoms with Crippen molar-refractivity contribution >= 4 is 24.1 Å². The summed E-state index contributed by atoms with van der Waals surface area (Å²) >= 11 is 0. The quantitative estimate of drug-likeness (QED) is 0.693. The molecule has 1 aliphatic heterocycles. The van der Waals surface area contributed by atoms with Crippen molar-refractivity contribution in [3.63, 3.8) is 0 Å². The molecule has 2 aromatic rings. The van der Waals surface area contributed by atoms with E-state index in [1.54, 1.807) is 24.3 Å². The van der Waals surface area contributed by atoms with Crippen molar-refractivity contribution < 1.29 is 18.6 Å². The molecule has 1 aliphatic rings. The van der Waals surface area contributed by atoms with Gasteiger partial charge < -0.3 is 9.26 Å². The minimum atomic E-state index is -3.44. The number of hydrogen-bond acceptors (Lipinski definition) is 4. The van der Waals surface area contributed by atoms with Gasteiger partial charge in [-0.2, -0.15) is 0 Å².